The number of benzene rings is 2. The van der Waals surface area contributed by atoms with Crippen molar-refractivity contribution in [2.24, 2.45) is 0 Å². The fourth-order valence-corrected chi connectivity index (χ4v) is 3.78. The molecule has 6 heteroatoms. The van der Waals surface area contributed by atoms with Gasteiger partial charge in [-0.25, -0.2) is 0 Å². The van der Waals surface area contributed by atoms with Crippen LogP contribution in [0.3, 0.4) is 0 Å². The number of furan rings is 1. The summed E-state index contributed by atoms with van der Waals surface area (Å²) in [5.41, 5.74) is 1.88. The Balaban J connectivity index is 1.61. The van der Waals surface area contributed by atoms with Gasteiger partial charge in [-0.3, -0.25) is 9.00 Å². The van der Waals surface area contributed by atoms with Gasteiger partial charge in [0.2, 0.25) is 0 Å². The maximum absolute atomic E-state index is 12.4. The number of rotatable bonds is 6. The van der Waals surface area contributed by atoms with Crippen LogP contribution in [0.2, 0.25) is 5.02 Å². The van der Waals surface area contributed by atoms with E-state index in [1.807, 2.05) is 49.4 Å². The third-order valence-electron chi connectivity index (χ3n) is 3.81. The lowest BCUT2D eigenvalue weighted by atomic mass is 10.2. The summed E-state index contributed by atoms with van der Waals surface area (Å²) in [5.74, 6) is 0.583. The number of nitrogens with one attached hydrogen (secondary N) is 1. The van der Waals surface area contributed by atoms with Gasteiger partial charge in [-0.1, -0.05) is 41.9 Å². The van der Waals surface area contributed by atoms with E-state index in [9.17, 15) is 9.00 Å². The lowest BCUT2D eigenvalue weighted by molar-refractivity contribution is 0.0921. The second-order valence-electron chi connectivity index (χ2n) is 5.85. The normalized spacial score (nSPS) is 11.9. The molecule has 0 spiro atoms. The molecule has 1 atom stereocenters. The molecule has 134 valence electrons. The van der Waals surface area contributed by atoms with Gasteiger partial charge in [-0.15, -0.1) is 0 Å². The Morgan fingerprint density at radius 3 is 2.69 bits per heavy atom. The zero-order valence-electron chi connectivity index (χ0n) is 14.2. The SMILES string of the molecule is Cc1cccc([S@](=O)Cc2ccc(C(=O)NCc3ccccc3Cl)o2)c1. The largest absolute Gasteiger partial charge is 0.455 e. The van der Waals surface area contributed by atoms with Crippen molar-refractivity contribution < 1.29 is 13.4 Å². The molecule has 3 rings (SSSR count). The number of hydrogen-bond acceptors (Lipinski definition) is 3. The summed E-state index contributed by atoms with van der Waals surface area (Å²) in [5, 5.41) is 3.37. The molecule has 0 aliphatic rings. The maximum Gasteiger partial charge on any atom is 0.287 e. The summed E-state index contributed by atoms with van der Waals surface area (Å²) in [4.78, 5) is 13.0. The standard InChI is InChI=1S/C20H18ClNO3S/c1-14-5-4-7-17(11-14)26(24)13-16-9-10-19(25-16)20(23)22-12-15-6-2-3-8-18(15)21/h2-11H,12-13H2,1H3,(H,22,23)/t26-/m1/s1. The first-order valence-electron chi connectivity index (χ1n) is 8.08. The smallest absolute Gasteiger partial charge is 0.287 e. The number of amides is 1. The Morgan fingerprint density at radius 2 is 1.92 bits per heavy atom. The van der Waals surface area contributed by atoms with Crippen molar-refractivity contribution in [1.29, 1.82) is 0 Å². The Bertz CT molecular complexity index is 951. The predicted molar refractivity (Wildman–Crippen MR) is 103 cm³/mol. The van der Waals surface area contributed by atoms with Gasteiger partial charge >= 0.3 is 0 Å². The first-order chi connectivity index (χ1) is 12.5. The summed E-state index contributed by atoms with van der Waals surface area (Å²) in [7, 11) is -1.22. The van der Waals surface area contributed by atoms with Crippen LogP contribution >= 0.6 is 11.6 Å². The second kappa shape index (κ2) is 8.34. The second-order valence-corrected chi connectivity index (χ2v) is 7.70. The van der Waals surface area contributed by atoms with E-state index >= 15 is 0 Å². The average Bonchev–Trinajstić information content (AvgIpc) is 3.09. The van der Waals surface area contributed by atoms with Crippen LogP contribution in [-0.2, 0) is 23.1 Å². The average molecular weight is 388 g/mol. The number of carbonyl (C=O) groups is 1. The molecular weight excluding hydrogens is 370 g/mol. The highest BCUT2D eigenvalue weighted by molar-refractivity contribution is 7.84. The molecule has 0 bridgehead atoms. The minimum atomic E-state index is -1.22. The number of hydrogen-bond donors (Lipinski definition) is 1. The van der Waals surface area contributed by atoms with Gasteiger partial charge in [0, 0.05) is 16.5 Å². The third kappa shape index (κ3) is 4.62. The van der Waals surface area contributed by atoms with Crippen LogP contribution in [0.25, 0.3) is 0 Å². The van der Waals surface area contributed by atoms with Crippen LogP contribution in [0, 0.1) is 6.92 Å². The predicted octanol–water partition coefficient (Wildman–Crippen LogP) is 4.48. The monoisotopic (exact) mass is 387 g/mol. The fourth-order valence-electron chi connectivity index (χ4n) is 2.45. The zero-order valence-corrected chi connectivity index (χ0v) is 15.8. The van der Waals surface area contributed by atoms with Crippen molar-refractivity contribution in [2.75, 3.05) is 0 Å². The molecule has 0 aliphatic carbocycles. The minimum Gasteiger partial charge on any atom is -0.455 e. The van der Waals surface area contributed by atoms with Crippen molar-refractivity contribution >= 4 is 28.3 Å². The minimum absolute atomic E-state index is 0.188. The Kier molecular flexibility index (Phi) is 5.91. The maximum atomic E-state index is 12.4. The topological polar surface area (TPSA) is 59.3 Å². The third-order valence-corrected chi connectivity index (χ3v) is 5.50. The Labute approximate surface area is 159 Å². The quantitative estimate of drug-likeness (QED) is 0.678. The summed E-state index contributed by atoms with van der Waals surface area (Å²) in [6.07, 6.45) is 0. The van der Waals surface area contributed by atoms with Crippen molar-refractivity contribution in [3.05, 3.63) is 88.3 Å². The van der Waals surface area contributed by atoms with Gasteiger partial charge in [0.1, 0.15) is 5.76 Å². The van der Waals surface area contributed by atoms with Gasteiger partial charge in [-0.2, -0.15) is 0 Å². The lowest BCUT2D eigenvalue weighted by Crippen LogP contribution is -2.22. The molecule has 1 heterocycles. The van der Waals surface area contributed by atoms with E-state index in [0.717, 1.165) is 16.0 Å². The van der Waals surface area contributed by atoms with Crippen LogP contribution in [-0.4, -0.2) is 10.1 Å². The molecule has 4 nitrogen and oxygen atoms in total. The van der Waals surface area contributed by atoms with E-state index in [1.54, 1.807) is 18.2 Å². The van der Waals surface area contributed by atoms with Crippen molar-refractivity contribution in [3.63, 3.8) is 0 Å². The molecule has 1 aromatic heterocycles. The van der Waals surface area contributed by atoms with Gasteiger partial charge < -0.3 is 9.73 Å². The summed E-state index contributed by atoms with van der Waals surface area (Å²) in [6.45, 7) is 2.26. The fraction of sp³-hybridized carbons (Fsp3) is 0.150. The molecule has 0 aliphatic heterocycles. The Hall–Kier alpha value is -2.37. The van der Waals surface area contributed by atoms with Crippen LogP contribution < -0.4 is 5.32 Å². The van der Waals surface area contributed by atoms with Gasteiger partial charge in [-0.05, 0) is 48.4 Å². The van der Waals surface area contributed by atoms with E-state index < -0.39 is 10.8 Å². The molecule has 3 aromatic rings. The number of carbonyl (C=O) groups excluding carboxylic acids is 1. The summed E-state index contributed by atoms with van der Waals surface area (Å²) >= 11 is 6.08. The van der Waals surface area contributed by atoms with Crippen molar-refractivity contribution in [1.82, 2.24) is 5.32 Å². The Morgan fingerprint density at radius 1 is 1.12 bits per heavy atom. The zero-order chi connectivity index (χ0) is 18.5. The van der Waals surface area contributed by atoms with E-state index in [-0.39, 0.29) is 17.4 Å². The lowest BCUT2D eigenvalue weighted by Gasteiger charge is -2.05. The molecular formula is C20H18ClNO3S. The molecule has 2 aromatic carbocycles. The van der Waals surface area contributed by atoms with Crippen LogP contribution in [0.4, 0.5) is 0 Å². The molecule has 0 radical (unpaired) electrons. The van der Waals surface area contributed by atoms with Gasteiger partial charge in [0.15, 0.2) is 5.76 Å². The van der Waals surface area contributed by atoms with Gasteiger partial charge in [0.05, 0.1) is 16.6 Å². The van der Waals surface area contributed by atoms with E-state index in [0.29, 0.717) is 17.3 Å². The first kappa shape index (κ1) is 18.4. The summed E-state index contributed by atoms with van der Waals surface area (Å²) in [6, 6.07) is 18.1. The van der Waals surface area contributed by atoms with E-state index in [4.69, 9.17) is 16.0 Å². The van der Waals surface area contributed by atoms with Crippen molar-refractivity contribution in [3.8, 4) is 0 Å². The number of halogens is 1. The highest BCUT2D eigenvalue weighted by atomic mass is 35.5. The van der Waals surface area contributed by atoms with Crippen molar-refractivity contribution in [2.45, 2.75) is 24.1 Å². The first-order valence-corrected chi connectivity index (χ1v) is 9.78. The molecule has 0 fully saturated rings. The van der Waals surface area contributed by atoms with Crippen LogP contribution in [0.1, 0.15) is 27.4 Å². The molecule has 1 N–H and O–H groups in total. The molecule has 0 saturated heterocycles. The van der Waals surface area contributed by atoms with Gasteiger partial charge in [0.25, 0.3) is 5.91 Å². The molecule has 1 amide bonds. The van der Waals surface area contributed by atoms with Crippen LogP contribution in [0.5, 0.6) is 0 Å². The number of aryl methyl sites for hydroxylation is 1. The summed E-state index contributed by atoms with van der Waals surface area (Å²) < 4.78 is 18.0. The highest BCUT2D eigenvalue weighted by Gasteiger charge is 2.14. The highest BCUT2D eigenvalue weighted by Crippen LogP contribution is 2.17. The van der Waals surface area contributed by atoms with E-state index in [2.05, 4.69) is 5.32 Å². The van der Waals surface area contributed by atoms with Crippen LogP contribution in [0.15, 0.2) is 70.0 Å². The van der Waals surface area contributed by atoms with E-state index in [1.165, 1.54) is 0 Å². The molecule has 0 unspecified atom stereocenters. The molecule has 26 heavy (non-hydrogen) atoms. The molecule has 0 saturated carbocycles.